The largest absolute Gasteiger partial charge is 0.498 e. The van der Waals surface area contributed by atoms with Gasteiger partial charge in [-0.2, -0.15) is 24.2 Å². The van der Waals surface area contributed by atoms with Crippen molar-refractivity contribution >= 4 is 47.7 Å². The Morgan fingerprint density at radius 2 is 1.26 bits per heavy atom. The summed E-state index contributed by atoms with van der Waals surface area (Å²) in [6, 6.07) is 0. The van der Waals surface area contributed by atoms with Gasteiger partial charge < -0.3 is 19.2 Å². The number of nitrogens with zero attached hydrogens (tertiary/aromatic N) is 10. The van der Waals surface area contributed by atoms with Crippen LogP contribution >= 0.6 is 11.6 Å². The number of hydrogen-bond donors (Lipinski definition) is 3. The minimum absolute atomic E-state index is 0.0442. The highest BCUT2D eigenvalue weighted by Gasteiger charge is 2.52. The van der Waals surface area contributed by atoms with Crippen molar-refractivity contribution in [1.82, 2.24) is 58.7 Å². The van der Waals surface area contributed by atoms with Crippen molar-refractivity contribution in [3.8, 4) is 11.3 Å². The van der Waals surface area contributed by atoms with Gasteiger partial charge in [-0.15, -0.1) is 0 Å². The lowest BCUT2D eigenvalue weighted by atomic mass is 9.82. The fraction of sp³-hybridized carbons (Fsp3) is 0.550. The van der Waals surface area contributed by atoms with Crippen molar-refractivity contribution in [1.29, 1.82) is 0 Å². The number of nitrogens with one attached hydrogen (secondary N) is 2. The maximum Gasteiger partial charge on any atom is 0.498 e. The molecule has 0 amide bonds. The summed E-state index contributed by atoms with van der Waals surface area (Å²) >= 11 is 5.88. The maximum atomic E-state index is 12.7. The molecule has 0 spiro atoms. The Bertz CT molecular complexity index is 2700. The van der Waals surface area contributed by atoms with E-state index in [2.05, 4.69) is 40.3 Å². The number of halogens is 1. The van der Waals surface area contributed by atoms with Crippen LogP contribution in [0.25, 0.3) is 22.8 Å². The van der Waals surface area contributed by atoms with Gasteiger partial charge in [-0.3, -0.25) is 29.2 Å². The highest BCUT2D eigenvalue weighted by molar-refractivity contribution is 6.62. The van der Waals surface area contributed by atoms with Gasteiger partial charge in [0.2, 0.25) is 0 Å². The molecule has 7 rings (SSSR count). The zero-order valence-electron chi connectivity index (χ0n) is 37.9. The number of carboxylic acid groups (broad SMARTS) is 1. The molecule has 0 bridgehead atoms. The molecule has 1 fully saturated rings. The average Bonchev–Trinajstić information content (AvgIpc) is 3.98. The van der Waals surface area contributed by atoms with Crippen molar-refractivity contribution < 1.29 is 28.7 Å². The Morgan fingerprint density at radius 3 is 1.76 bits per heavy atom. The smallest absolute Gasteiger partial charge is 0.479 e. The van der Waals surface area contributed by atoms with Crippen LogP contribution in [-0.2, 0) is 34.7 Å². The first kappa shape index (κ1) is 47.4. The van der Waals surface area contributed by atoms with Crippen molar-refractivity contribution in [3.63, 3.8) is 0 Å². The van der Waals surface area contributed by atoms with E-state index in [-0.39, 0.29) is 39.9 Å². The lowest BCUT2D eigenvalue weighted by Gasteiger charge is -2.32. The summed E-state index contributed by atoms with van der Waals surface area (Å²) in [4.78, 5) is 64.7. The number of hydrogen-bond acceptors (Lipinski definition) is 13. The van der Waals surface area contributed by atoms with Crippen LogP contribution in [0.2, 0.25) is 5.15 Å². The van der Waals surface area contributed by atoms with Crippen LogP contribution in [0.1, 0.15) is 127 Å². The van der Waals surface area contributed by atoms with Gasteiger partial charge in [-0.1, -0.05) is 39.3 Å². The third kappa shape index (κ3) is 9.38. The summed E-state index contributed by atoms with van der Waals surface area (Å²) in [6.07, 6.45) is 9.37. The van der Waals surface area contributed by atoms with E-state index in [9.17, 15) is 24.3 Å². The molecule has 6 aromatic rings. The molecule has 1 aliphatic heterocycles. The topological polar surface area (TPSA) is 244 Å². The normalized spacial score (nSPS) is 15.2. The summed E-state index contributed by atoms with van der Waals surface area (Å²) in [5.41, 5.74) is -1.07. The van der Waals surface area contributed by atoms with Crippen LogP contribution in [0.15, 0.2) is 47.0 Å². The highest BCUT2D eigenvalue weighted by atomic mass is 35.5. The summed E-state index contributed by atoms with van der Waals surface area (Å²) < 4.78 is 23.1. The van der Waals surface area contributed by atoms with E-state index in [1.807, 2.05) is 76.2 Å². The van der Waals surface area contributed by atoms with Gasteiger partial charge in [-0.05, 0) is 88.0 Å². The number of carbonyl (C=O) groups is 2. The molecule has 62 heavy (non-hydrogen) atoms. The van der Waals surface area contributed by atoms with E-state index < -0.39 is 41.0 Å². The molecule has 0 unspecified atom stereocenters. The Kier molecular flexibility index (Phi) is 12.9. The first-order valence-electron chi connectivity index (χ1n) is 20.0. The second-order valence-corrected chi connectivity index (χ2v) is 18.9. The molecule has 3 N–H and O–H groups in total. The van der Waals surface area contributed by atoms with Crippen LogP contribution < -0.4 is 16.6 Å². The molecule has 6 aromatic heterocycles. The van der Waals surface area contributed by atoms with Gasteiger partial charge in [0.15, 0.2) is 11.1 Å². The van der Waals surface area contributed by atoms with Crippen molar-refractivity contribution in [2.75, 3.05) is 0 Å². The first-order valence-corrected chi connectivity index (χ1v) is 20.4. The lowest BCUT2D eigenvalue weighted by Crippen LogP contribution is -2.42. The average molecular weight is 879 g/mol. The van der Waals surface area contributed by atoms with E-state index in [4.69, 9.17) is 25.6 Å². The number of H-pyrrole nitrogens is 2. The molecule has 1 aliphatic rings. The Hall–Kier alpha value is -5.67. The Balaban J connectivity index is 0.000000182. The van der Waals surface area contributed by atoms with Gasteiger partial charge in [0.1, 0.15) is 23.4 Å². The summed E-state index contributed by atoms with van der Waals surface area (Å²) in [5.74, 6) is -0.816. The third-order valence-corrected chi connectivity index (χ3v) is 10.9. The van der Waals surface area contributed by atoms with E-state index >= 15 is 0 Å². The van der Waals surface area contributed by atoms with Crippen LogP contribution in [-0.4, -0.2) is 99.7 Å². The first-order chi connectivity index (χ1) is 28.5. The van der Waals surface area contributed by atoms with Crippen LogP contribution in [0.4, 0.5) is 0 Å². The number of aliphatic carboxylic acids is 1. The number of aromatic amines is 2. The van der Waals surface area contributed by atoms with E-state index in [0.717, 1.165) is 5.46 Å². The monoisotopic (exact) mass is 878 g/mol. The quantitative estimate of drug-likeness (QED) is 0.107. The fourth-order valence-corrected chi connectivity index (χ4v) is 6.40. The standard InChI is InChI=1S/C17H29BN2O4.C15H18N6O3.C8H9ClN4O/c1-14(2,3)22-13(21)15(4,5)20-11-12(10-19-20)18-23-16(6,7)17(8,9)24-18;1-8(2)10-11(19-14-16-7-18-21(14)12(10)22)9-5-17-20(6-9)15(3,4)13(23)24;1-4(2)5-6(9)12-8-10-3-11-13(8)7(5)14/h10-11H,1-9H3;5-8H,1-4H3,(H,23,24)(H,16,18,19);3-4H,1-2H3,(H,10,11,12). The molecule has 0 aromatic carbocycles. The predicted molar refractivity (Wildman–Crippen MR) is 232 cm³/mol. The molecule has 1 saturated heterocycles. The Morgan fingerprint density at radius 1 is 0.774 bits per heavy atom. The van der Waals surface area contributed by atoms with Crippen molar-refractivity contribution in [3.05, 3.63) is 74.4 Å². The van der Waals surface area contributed by atoms with Gasteiger partial charge in [0, 0.05) is 35.2 Å². The van der Waals surface area contributed by atoms with Crippen LogP contribution in [0, 0.1) is 0 Å². The minimum atomic E-state index is -1.21. The number of rotatable bonds is 8. The number of carbonyl (C=O) groups excluding carboxylic acids is 1. The molecular formula is C40H56BClN12O8. The van der Waals surface area contributed by atoms with E-state index in [0.29, 0.717) is 28.2 Å². The molecule has 22 heteroatoms. The predicted octanol–water partition coefficient (Wildman–Crippen LogP) is 4.68. The van der Waals surface area contributed by atoms with E-state index in [1.165, 1.54) is 32.6 Å². The zero-order valence-corrected chi connectivity index (χ0v) is 38.6. The molecule has 0 saturated carbocycles. The number of esters is 1. The fourth-order valence-electron chi connectivity index (χ4n) is 6.03. The van der Waals surface area contributed by atoms with Gasteiger partial charge in [0.25, 0.3) is 22.7 Å². The zero-order chi connectivity index (χ0) is 46.5. The van der Waals surface area contributed by atoms with Gasteiger partial charge >= 0.3 is 19.1 Å². The minimum Gasteiger partial charge on any atom is -0.479 e. The number of carboxylic acids is 1. The van der Waals surface area contributed by atoms with Gasteiger partial charge in [-0.25, -0.2) is 24.5 Å². The summed E-state index contributed by atoms with van der Waals surface area (Å²) in [5, 5.41) is 23.5. The second kappa shape index (κ2) is 16.9. The number of fused-ring (bicyclic) bond motifs is 2. The molecule has 7 heterocycles. The lowest BCUT2D eigenvalue weighted by molar-refractivity contribution is -0.164. The van der Waals surface area contributed by atoms with Crippen LogP contribution in [0.5, 0.6) is 0 Å². The Labute approximate surface area is 363 Å². The number of ether oxygens (including phenoxy) is 1. The number of aromatic nitrogens is 12. The van der Waals surface area contributed by atoms with Crippen molar-refractivity contribution in [2.24, 2.45) is 0 Å². The summed E-state index contributed by atoms with van der Waals surface area (Å²) in [7, 11) is -0.502. The molecule has 20 nitrogen and oxygen atoms in total. The third-order valence-electron chi connectivity index (χ3n) is 10.6. The SMILES string of the molecule is CC(C)(C)OC(=O)C(C)(C)n1cc(B2OC(C)(C)C(C)(C)O2)cn1.CC(C)c1c(-c2cnn(C(C)(C)C(=O)O)c2)nc2nc[nH]n2c1=O.CC(C)c1c(Cl)nc2nc[nH]n2c1=O. The molecule has 0 atom stereocenters. The maximum absolute atomic E-state index is 12.7. The second-order valence-electron chi connectivity index (χ2n) is 18.6. The molecule has 334 valence electrons. The highest BCUT2D eigenvalue weighted by Crippen LogP contribution is 2.36. The van der Waals surface area contributed by atoms with Crippen molar-refractivity contribution in [2.45, 2.75) is 144 Å². The van der Waals surface area contributed by atoms with Gasteiger partial charge in [0.05, 0.1) is 28.7 Å². The summed E-state index contributed by atoms with van der Waals surface area (Å²) in [6.45, 7) is 27.8. The molecular weight excluding hydrogens is 823 g/mol. The molecule has 0 radical (unpaired) electrons. The van der Waals surface area contributed by atoms with Crippen LogP contribution in [0.3, 0.4) is 0 Å². The van der Waals surface area contributed by atoms with E-state index in [1.54, 1.807) is 51.0 Å². The molecule has 0 aliphatic carbocycles.